The van der Waals surface area contributed by atoms with E-state index in [2.05, 4.69) is 46.4 Å². The average molecular weight is 337 g/mol. The number of hydrogen-bond donors (Lipinski definition) is 1. The molecule has 1 aromatic carbocycles. The third-order valence-electron chi connectivity index (χ3n) is 4.19. The number of nitrogens with zero attached hydrogens (tertiary/aromatic N) is 4. The minimum Gasteiger partial charge on any atom is -0.348 e. The van der Waals surface area contributed by atoms with E-state index in [0.717, 1.165) is 18.5 Å². The number of aromatic nitrogens is 4. The third kappa shape index (κ3) is 4.02. The number of nitrogens with one attached hydrogen (secondary N) is 1. The van der Waals surface area contributed by atoms with Gasteiger partial charge < -0.3 is 5.32 Å². The molecule has 3 rings (SSSR count). The second-order valence-corrected chi connectivity index (χ2v) is 6.59. The number of fused-ring (bicyclic) bond motifs is 1. The highest BCUT2D eigenvalue weighted by Gasteiger charge is 2.16. The van der Waals surface area contributed by atoms with Gasteiger partial charge in [0.15, 0.2) is 0 Å². The summed E-state index contributed by atoms with van der Waals surface area (Å²) in [7, 11) is 0. The molecule has 130 valence electrons. The van der Waals surface area contributed by atoms with Crippen LogP contribution in [0.3, 0.4) is 0 Å². The smallest absolute Gasteiger partial charge is 0.270 e. The molecule has 25 heavy (non-hydrogen) atoms. The van der Waals surface area contributed by atoms with Crippen LogP contribution < -0.4 is 5.32 Å². The Kier molecular flexibility index (Phi) is 5.07. The number of carbonyl (C=O) groups is 1. The zero-order chi connectivity index (χ0) is 17.8. The molecule has 0 fully saturated rings. The second kappa shape index (κ2) is 7.42. The maximum atomic E-state index is 12.6. The summed E-state index contributed by atoms with van der Waals surface area (Å²) in [4.78, 5) is 21.0. The molecular formula is C19H23N5O. The maximum Gasteiger partial charge on any atom is 0.270 e. The first-order valence-electron chi connectivity index (χ1n) is 8.60. The molecule has 0 radical (unpaired) electrons. The molecule has 0 spiro atoms. The largest absolute Gasteiger partial charge is 0.348 e. The zero-order valence-corrected chi connectivity index (χ0v) is 14.8. The van der Waals surface area contributed by atoms with Crippen molar-refractivity contribution in [2.24, 2.45) is 0 Å². The molecule has 0 bridgehead atoms. The fourth-order valence-electron chi connectivity index (χ4n) is 2.76. The minimum atomic E-state index is -0.173. The Balaban J connectivity index is 1.69. The number of amides is 1. The highest BCUT2D eigenvalue weighted by Crippen LogP contribution is 2.16. The van der Waals surface area contributed by atoms with Crippen LogP contribution in [0.1, 0.15) is 54.9 Å². The van der Waals surface area contributed by atoms with Crippen LogP contribution in [0.25, 0.3) is 5.78 Å². The molecule has 6 nitrogen and oxygen atoms in total. The molecule has 6 heteroatoms. The van der Waals surface area contributed by atoms with Crippen LogP contribution in [-0.2, 0) is 6.42 Å². The summed E-state index contributed by atoms with van der Waals surface area (Å²) in [6.45, 7) is 6.13. The number of aryl methyl sites for hydroxylation is 1. The Hall–Kier alpha value is -2.76. The van der Waals surface area contributed by atoms with Gasteiger partial charge in [-0.05, 0) is 37.3 Å². The van der Waals surface area contributed by atoms with Gasteiger partial charge in [-0.15, -0.1) is 0 Å². The molecule has 1 unspecified atom stereocenters. The van der Waals surface area contributed by atoms with Crippen molar-refractivity contribution in [2.45, 2.75) is 45.6 Å². The molecule has 2 aromatic heterocycles. The van der Waals surface area contributed by atoms with E-state index in [1.54, 1.807) is 10.6 Å². The standard InChI is InChI=1S/C19H23N5O/c1-13(2)17-11-16(23-19-20-12-21-24(17)19)18(25)22-14(3)9-10-15-7-5-4-6-8-15/h4-8,11-14H,9-10H2,1-3H3,(H,22,25). The van der Waals surface area contributed by atoms with Crippen molar-refractivity contribution < 1.29 is 4.79 Å². The SMILES string of the molecule is CC(CCc1ccccc1)NC(=O)c1cc(C(C)C)n2ncnc2n1. The number of carbonyl (C=O) groups excluding carboxylic acids is 1. The lowest BCUT2D eigenvalue weighted by Crippen LogP contribution is -2.33. The summed E-state index contributed by atoms with van der Waals surface area (Å²) in [6.07, 6.45) is 3.26. The average Bonchev–Trinajstić information content (AvgIpc) is 3.08. The van der Waals surface area contributed by atoms with Crippen molar-refractivity contribution in [3.05, 3.63) is 59.7 Å². The van der Waals surface area contributed by atoms with E-state index in [9.17, 15) is 4.79 Å². The van der Waals surface area contributed by atoms with Gasteiger partial charge in [0.2, 0.25) is 0 Å². The number of benzene rings is 1. The fourth-order valence-corrected chi connectivity index (χ4v) is 2.76. The van der Waals surface area contributed by atoms with Crippen LogP contribution in [0.4, 0.5) is 0 Å². The lowest BCUT2D eigenvalue weighted by molar-refractivity contribution is 0.0933. The normalized spacial score (nSPS) is 12.5. The highest BCUT2D eigenvalue weighted by molar-refractivity contribution is 5.93. The molecule has 1 amide bonds. The summed E-state index contributed by atoms with van der Waals surface area (Å²) in [5, 5.41) is 7.21. The van der Waals surface area contributed by atoms with Crippen LogP contribution in [0.2, 0.25) is 0 Å². The van der Waals surface area contributed by atoms with E-state index < -0.39 is 0 Å². The van der Waals surface area contributed by atoms with E-state index in [-0.39, 0.29) is 17.9 Å². The Morgan fingerprint density at radius 1 is 1.20 bits per heavy atom. The zero-order valence-electron chi connectivity index (χ0n) is 14.8. The number of rotatable bonds is 6. The first-order valence-corrected chi connectivity index (χ1v) is 8.60. The molecule has 1 atom stereocenters. The molecule has 2 heterocycles. The molecule has 0 aliphatic heterocycles. The van der Waals surface area contributed by atoms with Gasteiger partial charge in [0.1, 0.15) is 12.0 Å². The Labute approximate surface area is 147 Å². The lowest BCUT2D eigenvalue weighted by Gasteiger charge is -2.15. The van der Waals surface area contributed by atoms with Gasteiger partial charge in [0.05, 0.1) is 5.69 Å². The summed E-state index contributed by atoms with van der Waals surface area (Å²) in [5.74, 6) is 0.496. The quantitative estimate of drug-likeness (QED) is 0.750. The Morgan fingerprint density at radius 3 is 2.68 bits per heavy atom. The fraction of sp³-hybridized carbons (Fsp3) is 0.368. The molecule has 0 saturated heterocycles. The molecular weight excluding hydrogens is 314 g/mol. The molecule has 0 saturated carbocycles. The van der Waals surface area contributed by atoms with Gasteiger partial charge in [-0.1, -0.05) is 44.2 Å². The highest BCUT2D eigenvalue weighted by atomic mass is 16.1. The summed E-state index contributed by atoms with van der Waals surface area (Å²) in [6, 6.07) is 12.1. The molecule has 1 N–H and O–H groups in total. The second-order valence-electron chi connectivity index (χ2n) is 6.59. The monoisotopic (exact) mass is 337 g/mol. The van der Waals surface area contributed by atoms with Gasteiger partial charge in [0, 0.05) is 6.04 Å². The molecule has 0 aliphatic carbocycles. The van der Waals surface area contributed by atoms with Crippen LogP contribution in [0.5, 0.6) is 0 Å². The minimum absolute atomic E-state index is 0.0612. The Morgan fingerprint density at radius 2 is 1.96 bits per heavy atom. The third-order valence-corrected chi connectivity index (χ3v) is 4.19. The van der Waals surface area contributed by atoms with Gasteiger partial charge in [-0.25, -0.2) is 9.50 Å². The predicted octanol–water partition coefficient (Wildman–Crippen LogP) is 3.00. The van der Waals surface area contributed by atoms with E-state index in [1.165, 1.54) is 11.9 Å². The van der Waals surface area contributed by atoms with Crippen molar-refractivity contribution in [2.75, 3.05) is 0 Å². The first-order chi connectivity index (χ1) is 12.0. The van der Waals surface area contributed by atoms with Crippen molar-refractivity contribution in [1.82, 2.24) is 24.9 Å². The van der Waals surface area contributed by atoms with Crippen molar-refractivity contribution in [3.63, 3.8) is 0 Å². The van der Waals surface area contributed by atoms with Gasteiger partial charge in [-0.3, -0.25) is 4.79 Å². The topological polar surface area (TPSA) is 72.2 Å². The van der Waals surface area contributed by atoms with E-state index in [4.69, 9.17) is 0 Å². The van der Waals surface area contributed by atoms with E-state index in [0.29, 0.717) is 11.5 Å². The van der Waals surface area contributed by atoms with E-state index in [1.807, 2.05) is 25.1 Å². The van der Waals surface area contributed by atoms with Crippen LogP contribution >= 0.6 is 0 Å². The molecule has 0 aliphatic rings. The molecule has 3 aromatic rings. The summed E-state index contributed by atoms with van der Waals surface area (Å²) in [5.41, 5.74) is 2.58. The first kappa shape index (κ1) is 17.1. The van der Waals surface area contributed by atoms with Gasteiger partial charge in [0.25, 0.3) is 11.7 Å². The van der Waals surface area contributed by atoms with Crippen molar-refractivity contribution in [1.29, 1.82) is 0 Å². The Bertz CT molecular complexity index is 857. The lowest BCUT2D eigenvalue weighted by atomic mass is 10.1. The van der Waals surface area contributed by atoms with Crippen molar-refractivity contribution >= 4 is 11.7 Å². The van der Waals surface area contributed by atoms with Gasteiger partial charge in [-0.2, -0.15) is 10.1 Å². The summed E-state index contributed by atoms with van der Waals surface area (Å²) >= 11 is 0. The van der Waals surface area contributed by atoms with Gasteiger partial charge >= 0.3 is 0 Å². The van der Waals surface area contributed by atoms with Crippen LogP contribution in [0.15, 0.2) is 42.7 Å². The predicted molar refractivity (Wildman–Crippen MR) is 96.6 cm³/mol. The van der Waals surface area contributed by atoms with E-state index >= 15 is 0 Å². The summed E-state index contributed by atoms with van der Waals surface area (Å²) < 4.78 is 1.68. The van der Waals surface area contributed by atoms with Crippen LogP contribution in [-0.4, -0.2) is 31.5 Å². The number of hydrogen-bond acceptors (Lipinski definition) is 4. The van der Waals surface area contributed by atoms with Crippen LogP contribution in [0, 0.1) is 0 Å². The van der Waals surface area contributed by atoms with Crippen molar-refractivity contribution in [3.8, 4) is 0 Å². The maximum absolute atomic E-state index is 12.6.